The van der Waals surface area contributed by atoms with Crippen LogP contribution in [0.1, 0.15) is 24.0 Å². The highest BCUT2D eigenvalue weighted by Gasteiger charge is 2.51. The molecule has 7 heteroatoms. The molecule has 1 aliphatic rings. The Labute approximate surface area is 181 Å². The van der Waals surface area contributed by atoms with Gasteiger partial charge in [-0.05, 0) is 54.7 Å². The normalized spacial score (nSPS) is 14.6. The van der Waals surface area contributed by atoms with E-state index in [-0.39, 0.29) is 5.91 Å². The van der Waals surface area contributed by atoms with Crippen molar-refractivity contribution in [2.45, 2.75) is 29.6 Å². The van der Waals surface area contributed by atoms with Crippen molar-refractivity contribution < 1.29 is 17.6 Å². The number of hydrogen-bond donors (Lipinski definition) is 2. The Balaban J connectivity index is 1.40. The van der Waals surface area contributed by atoms with Crippen molar-refractivity contribution in [1.82, 2.24) is 5.32 Å². The molecule has 5 nitrogen and oxygen atoms in total. The maximum Gasteiger partial charge on any atom is 0.264 e. The van der Waals surface area contributed by atoms with Gasteiger partial charge in [0.1, 0.15) is 10.7 Å². The van der Waals surface area contributed by atoms with Crippen LogP contribution in [0.25, 0.3) is 0 Å². The van der Waals surface area contributed by atoms with Crippen LogP contribution in [0, 0.1) is 5.82 Å². The zero-order valence-electron chi connectivity index (χ0n) is 16.8. The first kappa shape index (κ1) is 21.1. The van der Waals surface area contributed by atoms with Crippen LogP contribution in [0.15, 0.2) is 83.8 Å². The highest BCUT2D eigenvalue weighted by atomic mass is 32.2. The van der Waals surface area contributed by atoms with Crippen molar-refractivity contribution in [2.24, 2.45) is 0 Å². The monoisotopic (exact) mass is 438 g/mol. The van der Waals surface area contributed by atoms with Crippen LogP contribution >= 0.6 is 0 Å². The van der Waals surface area contributed by atoms with Crippen molar-refractivity contribution in [1.29, 1.82) is 0 Å². The molecule has 0 heterocycles. The fourth-order valence-corrected chi connectivity index (χ4v) is 4.77. The first-order valence-corrected chi connectivity index (χ1v) is 11.6. The van der Waals surface area contributed by atoms with Crippen LogP contribution < -0.4 is 10.0 Å². The maximum absolute atomic E-state index is 13.9. The van der Waals surface area contributed by atoms with Gasteiger partial charge in [-0.3, -0.25) is 9.52 Å². The molecule has 1 amide bonds. The molecule has 3 aromatic rings. The zero-order valence-corrected chi connectivity index (χ0v) is 17.7. The van der Waals surface area contributed by atoms with Crippen LogP contribution in [0.4, 0.5) is 10.1 Å². The lowest BCUT2D eigenvalue weighted by Crippen LogP contribution is -2.35. The largest absolute Gasteiger partial charge is 0.355 e. The van der Waals surface area contributed by atoms with E-state index in [1.165, 1.54) is 23.8 Å². The second-order valence-corrected chi connectivity index (χ2v) is 9.34. The van der Waals surface area contributed by atoms with Crippen molar-refractivity contribution in [3.63, 3.8) is 0 Å². The smallest absolute Gasteiger partial charge is 0.264 e. The van der Waals surface area contributed by atoms with Gasteiger partial charge in [-0.1, -0.05) is 54.6 Å². The summed E-state index contributed by atoms with van der Waals surface area (Å²) in [6.45, 7) is 0.561. The third-order valence-electron chi connectivity index (χ3n) is 5.54. The highest BCUT2D eigenvalue weighted by molar-refractivity contribution is 7.92. The number of amides is 1. The van der Waals surface area contributed by atoms with Gasteiger partial charge < -0.3 is 5.32 Å². The molecule has 0 atom stereocenters. The quantitative estimate of drug-likeness (QED) is 0.558. The number of carbonyl (C=O) groups is 1. The first-order valence-electron chi connectivity index (χ1n) is 10.1. The summed E-state index contributed by atoms with van der Waals surface area (Å²) >= 11 is 0. The Morgan fingerprint density at radius 1 is 0.903 bits per heavy atom. The minimum Gasteiger partial charge on any atom is -0.355 e. The molecule has 160 valence electrons. The summed E-state index contributed by atoms with van der Waals surface area (Å²) < 4.78 is 41.1. The van der Waals surface area contributed by atoms with Gasteiger partial charge >= 0.3 is 0 Å². The Kier molecular flexibility index (Phi) is 5.78. The number of rotatable bonds is 8. The minimum atomic E-state index is -4.04. The van der Waals surface area contributed by atoms with Gasteiger partial charge in [0.05, 0.1) is 5.41 Å². The van der Waals surface area contributed by atoms with Crippen LogP contribution in [0.2, 0.25) is 0 Å². The lowest BCUT2D eigenvalue weighted by molar-refractivity contribution is -0.123. The van der Waals surface area contributed by atoms with Gasteiger partial charge in [-0.25, -0.2) is 12.8 Å². The van der Waals surface area contributed by atoms with E-state index in [9.17, 15) is 17.6 Å². The van der Waals surface area contributed by atoms with Gasteiger partial charge in [-0.15, -0.1) is 0 Å². The van der Waals surface area contributed by atoms with E-state index in [2.05, 4.69) is 10.0 Å². The molecule has 0 saturated heterocycles. The van der Waals surface area contributed by atoms with Gasteiger partial charge in [0, 0.05) is 12.2 Å². The summed E-state index contributed by atoms with van der Waals surface area (Å²) in [5, 5.41) is 3.02. The van der Waals surface area contributed by atoms with Gasteiger partial charge in [0.15, 0.2) is 0 Å². The van der Waals surface area contributed by atoms with E-state index < -0.39 is 26.2 Å². The molecule has 1 fully saturated rings. The SMILES string of the molecule is O=C(NCCc1ccccc1)C1(c2ccc(NS(=O)(=O)c3ccccc3F)cc2)CC1. The molecule has 0 radical (unpaired) electrons. The van der Waals surface area contributed by atoms with E-state index in [0.29, 0.717) is 12.2 Å². The van der Waals surface area contributed by atoms with E-state index in [4.69, 9.17) is 0 Å². The number of carbonyl (C=O) groups excluding carboxylic acids is 1. The Hall–Kier alpha value is -3.19. The summed E-state index contributed by atoms with van der Waals surface area (Å²) in [5.41, 5.74) is 1.77. The topological polar surface area (TPSA) is 75.3 Å². The summed E-state index contributed by atoms with van der Waals surface area (Å²) in [6, 6.07) is 21.9. The third kappa shape index (κ3) is 4.61. The lowest BCUT2D eigenvalue weighted by Gasteiger charge is -2.17. The van der Waals surface area contributed by atoms with E-state index >= 15 is 0 Å². The molecule has 0 spiro atoms. The Morgan fingerprint density at radius 3 is 2.19 bits per heavy atom. The number of sulfonamides is 1. The number of benzene rings is 3. The molecule has 1 aliphatic carbocycles. The molecule has 3 aromatic carbocycles. The van der Waals surface area contributed by atoms with Crippen molar-refractivity contribution >= 4 is 21.6 Å². The number of halogens is 1. The number of anilines is 1. The number of nitrogens with one attached hydrogen (secondary N) is 2. The fraction of sp³-hybridized carbons (Fsp3) is 0.208. The van der Waals surface area contributed by atoms with Crippen LogP contribution in [-0.4, -0.2) is 20.9 Å². The van der Waals surface area contributed by atoms with Crippen LogP contribution in [0.3, 0.4) is 0 Å². The average Bonchev–Trinajstić information content (AvgIpc) is 3.57. The average molecular weight is 439 g/mol. The minimum absolute atomic E-state index is 0.0110. The molecule has 0 aliphatic heterocycles. The molecule has 0 unspecified atom stereocenters. The van der Waals surface area contributed by atoms with Crippen LogP contribution in [0.5, 0.6) is 0 Å². The molecule has 0 bridgehead atoms. The van der Waals surface area contributed by atoms with Crippen molar-refractivity contribution in [3.8, 4) is 0 Å². The van der Waals surface area contributed by atoms with E-state index in [1.807, 2.05) is 30.3 Å². The third-order valence-corrected chi connectivity index (χ3v) is 6.96. The Bertz CT molecular complexity index is 1170. The number of hydrogen-bond acceptors (Lipinski definition) is 3. The standard InChI is InChI=1S/C24H23FN2O3S/c25-21-8-4-5-9-22(21)31(29,30)27-20-12-10-19(11-13-20)24(15-16-24)23(28)26-17-14-18-6-2-1-3-7-18/h1-13,27H,14-17H2,(H,26,28). The van der Waals surface area contributed by atoms with Gasteiger partial charge in [-0.2, -0.15) is 0 Å². The zero-order chi connectivity index (χ0) is 21.9. The predicted molar refractivity (Wildman–Crippen MR) is 118 cm³/mol. The van der Waals surface area contributed by atoms with Crippen molar-refractivity contribution in [3.05, 3.63) is 95.8 Å². The molecule has 0 aromatic heterocycles. The molecular weight excluding hydrogens is 415 g/mol. The molecule has 1 saturated carbocycles. The molecule has 2 N–H and O–H groups in total. The summed E-state index contributed by atoms with van der Waals surface area (Å²) in [6.07, 6.45) is 2.27. The van der Waals surface area contributed by atoms with Gasteiger partial charge in [0.2, 0.25) is 5.91 Å². The van der Waals surface area contributed by atoms with Crippen molar-refractivity contribution in [2.75, 3.05) is 11.3 Å². The van der Waals surface area contributed by atoms with E-state index in [1.54, 1.807) is 24.3 Å². The predicted octanol–water partition coefficient (Wildman–Crippen LogP) is 4.02. The first-order chi connectivity index (χ1) is 14.9. The summed E-state index contributed by atoms with van der Waals surface area (Å²) in [5.74, 6) is -0.821. The molecule has 31 heavy (non-hydrogen) atoms. The second kappa shape index (κ2) is 8.51. The fourth-order valence-electron chi connectivity index (χ4n) is 3.64. The molecule has 4 rings (SSSR count). The lowest BCUT2D eigenvalue weighted by atomic mass is 9.94. The summed E-state index contributed by atoms with van der Waals surface area (Å²) in [7, 11) is -4.04. The summed E-state index contributed by atoms with van der Waals surface area (Å²) in [4.78, 5) is 12.4. The van der Waals surface area contributed by atoms with E-state index in [0.717, 1.165) is 30.9 Å². The maximum atomic E-state index is 13.9. The second-order valence-electron chi connectivity index (χ2n) is 7.69. The molecular formula is C24H23FN2O3S. The highest BCUT2D eigenvalue weighted by Crippen LogP contribution is 2.48. The Morgan fingerprint density at radius 2 is 1.55 bits per heavy atom. The van der Waals surface area contributed by atoms with Crippen LogP contribution in [-0.2, 0) is 26.7 Å². The van der Waals surface area contributed by atoms with Gasteiger partial charge in [0.25, 0.3) is 10.0 Å².